The van der Waals surface area contributed by atoms with Crippen molar-refractivity contribution in [1.82, 2.24) is 9.80 Å². The predicted octanol–water partition coefficient (Wildman–Crippen LogP) is -0.347. The Morgan fingerprint density at radius 1 is 1.00 bits per heavy atom. The van der Waals surface area contributed by atoms with Crippen molar-refractivity contribution in [1.29, 1.82) is 0 Å². The quantitative estimate of drug-likeness (QED) is 0.265. The normalized spacial score (nSPS) is 13.5. The van der Waals surface area contributed by atoms with Crippen molar-refractivity contribution in [3.63, 3.8) is 0 Å². The average Bonchev–Trinajstić information content (AvgIpc) is 2.46. The summed E-state index contributed by atoms with van der Waals surface area (Å²) in [6.07, 6.45) is 2.59. The Bertz CT molecular complexity index is 643. The Morgan fingerprint density at radius 2 is 1.50 bits per heavy atom. The highest BCUT2D eigenvalue weighted by Gasteiger charge is 2.19. The van der Waals surface area contributed by atoms with Gasteiger partial charge in [-0.25, -0.2) is 0 Å². The van der Waals surface area contributed by atoms with Gasteiger partial charge in [0.05, 0.1) is 11.5 Å². The summed E-state index contributed by atoms with van der Waals surface area (Å²) in [5, 5.41) is 0. The molecule has 0 rings (SSSR count). The van der Waals surface area contributed by atoms with E-state index in [-0.39, 0.29) is 32.2 Å². The Morgan fingerprint density at radius 3 is 1.92 bits per heavy atom. The number of rotatable bonds is 12. The van der Waals surface area contributed by atoms with Gasteiger partial charge in [-0.3, -0.25) is 18.8 Å². The van der Waals surface area contributed by atoms with Crippen molar-refractivity contribution in [3.05, 3.63) is 25.3 Å². The second-order valence-corrected chi connectivity index (χ2v) is 8.26. The molecule has 0 aliphatic rings. The van der Waals surface area contributed by atoms with Gasteiger partial charge in [0, 0.05) is 32.2 Å². The summed E-state index contributed by atoms with van der Waals surface area (Å²) in [7, 11) is -8.36. The summed E-state index contributed by atoms with van der Waals surface area (Å²) in [6, 6.07) is -0.228. The fraction of sp³-hybridized carbons (Fsp3) is 0.615. The van der Waals surface area contributed by atoms with Gasteiger partial charge in [-0.1, -0.05) is 12.7 Å². The molecule has 1 unspecified atom stereocenters. The molecule has 1 atom stereocenters. The third kappa shape index (κ3) is 10.5. The second kappa shape index (κ2) is 9.89. The van der Waals surface area contributed by atoms with Crippen molar-refractivity contribution in [2.75, 3.05) is 37.7 Å². The molecule has 2 N–H and O–H groups in total. The first-order chi connectivity index (χ1) is 10.9. The monoisotopic (exact) mass is 384 g/mol. The lowest BCUT2D eigenvalue weighted by Crippen LogP contribution is -2.44. The van der Waals surface area contributed by atoms with Crippen LogP contribution in [0.3, 0.4) is 0 Å². The Labute approximate surface area is 143 Å². The van der Waals surface area contributed by atoms with Crippen LogP contribution < -0.4 is 0 Å². The highest BCUT2D eigenvalue weighted by Crippen LogP contribution is 2.03. The summed E-state index contributed by atoms with van der Waals surface area (Å²) in [5.74, 6) is -1.61. The van der Waals surface area contributed by atoms with E-state index >= 15 is 0 Å². The summed E-state index contributed by atoms with van der Waals surface area (Å²) >= 11 is 0. The minimum atomic E-state index is -4.22. The van der Waals surface area contributed by atoms with Crippen molar-refractivity contribution < 1.29 is 30.7 Å². The summed E-state index contributed by atoms with van der Waals surface area (Å²) in [6.45, 7) is 8.79. The third-order valence-corrected chi connectivity index (χ3v) is 4.71. The highest BCUT2D eigenvalue weighted by molar-refractivity contribution is 7.86. The molecule has 0 saturated heterocycles. The van der Waals surface area contributed by atoms with Gasteiger partial charge in [0.1, 0.15) is 0 Å². The van der Waals surface area contributed by atoms with Gasteiger partial charge in [-0.2, -0.15) is 16.8 Å². The van der Waals surface area contributed by atoms with E-state index in [2.05, 4.69) is 13.2 Å². The molecule has 0 aliphatic carbocycles. The Balaban J connectivity index is 4.91. The topological polar surface area (TPSA) is 132 Å². The van der Waals surface area contributed by atoms with Crippen LogP contribution in [-0.2, 0) is 25.0 Å². The molecule has 0 aromatic carbocycles. The maximum Gasteiger partial charge on any atom is 0.266 e. The van der Waals surface area contributed by atoms with E-state index in [0.29, 0.717) is 0 Å². The van der Waals surface area contributed by atoms with E-state index in [1.807, 2.05) is 0 Å². The number of carbonyl (C=O) groups excluding carboxylic acids is 1. The first-order valence-corrected chi connectivity index (χ1v) is 10.3. The highest BCUT2D eigenvalue weighted by atomic mass is 32.2. The van der Waals surface area contributed by atoms with E-state index in [1.165, 1.54) is 4.90 Å². The molecule has 0 aromatic rings. The van der Waals surface area contributed by atoms with Crippen molar-refractivity contribution in [3.8, 4) is 0 Å². The molecule has 24 heavy (non-hydrogen) atoms. The largest absolute Gasteiger partial charge is 0.337 e. The van der Waals surface area contributed by atoms with Gasteiger partial charge in [0.25, 0.3) is 20.2 Å². The van der Waals surface area contributed by atoms with Crippen LogP contribution in [0.5, 0.6) is 0 Å². The van der Waals surface area contributed by atoms with E-state index in [0.717, 1.165) is 6.08 Å². The van der Waals surface area contributed by atoms with Crippen LogP contribution in [-0.4, -0.2) is 85.4 Å². The lowest BCUT2D eigenvalue weighted by atomic mass is 10.2. The molecular weight excluding hydrogens is 360 g/mol. The zero-order valence-corrected chi connectivity index (χ0v) is 15.2. The molecule has 0 bridgehead atoms. The fourth-order valence-corrected chi connectivity index (χ4v) is 2.75. The Kier molecular flexibility index (Phi) is 9.37. The van der Waals surface area contributed by atoms with E-state index < -0.39 is 37.6 Å². The van der Waals surface area contributed by atoms with Crippen LogP contribution in [0.1, 0.15) is 6.92 Å². The molecule has 9 nitrogen and oxygen atoms in total. The minimum Gasteiger partial charge on any atom is -0.337 e. The molecule has 0 saturated carbocycles. The molecule has 11 heteroatoms. The van der Waals surface area contributed by atoms with Crippen LogP contribution in [0.4, 0.5) is 0 Å². The van der Waals surface area contributed by atoms with Crippen LogP contribution in [0, 0.1) is 0 Å². The molecule has 0 aromatic heterocycles. The van der Waals surface area contributed by atoms with Gasteiger partial charge < -0.3 is 4.90 Å². The van der Waals surface area contributed by atoms with Crippen molar-refractivity contribution in [2.45, 2.75) is 13.0 Å². The molecule has 0 fully saturated rings. The number of carbonyl (C=O) groups is 1. The van der Waals surface area contributed by atoms with Crippen molar-refractivity contribution >= 4 is 26.1 Å². The fourth-order valence-electron chi connectivity index (χ4n) is 1.84. The van der Waals surface area contributed by atoms with Gasteiger partial charge in [0.2, 0.25) is 5.91 Å². The first kappa shape index (κ1) is 22.7. The van der Waals surface area contributed by atoms with Crippen LogP contribution in [0.25, 0.3) is 0 Å². The summed E-state index contributed by atoms with van der Waals surface area (Å²) < 4.78 is 61.1. The van der Waals surface area contributed by atoms with Crippen LogP contribution in [0.15, 0.2) is 25.3 Å². The molecule has 0 spiro atoms. The molecule has 1 amide bonds. The minimum absolute atomic E-state index is 0.0143. The standard InChI is InChI=1S/C13H24N2O7S2/c1-4-12(3)14(8-10-23(17,18)19)6-7-15(13(16)5-2)9-11-24(20,21)22/h4-5,12H,1-2,6-11H2,3H3,(H,17,18,19)(H,20,21,22). The van der Waals surface area contributed by atoms with Gasteiger partial charge in [-0.05, 0) is 13.0 Å². The van der Waals surface area contributed by atoms with Crippen molar-refractivity contribution in [2.24, 2.45) is 0 Å². The van der Waals surface area contributed by atoms with E-state index in [4.69, 9.17) is 9.11 Å². The summed E-state index contributed by atoms with van der Waals surface area (Å²) in [5.41, 5.74) is 0. The lowest BCUT2D eigenvalue weighted by Gasteiger charge is -2.29. The number of amides is 1. The first-order valence-electron chi connectivity index (χ1n) is 7.08. The summed E-state index contributed by atoms with van der Waals surface area (Å²) in [4.78, 5) is 14.6. The van der Waals surface area contributed by atoms with Gasteiger partial charge in [0.15, 0.2) is 0 Å². The number of hydrogen-bond acceptors (Lipinski definition) is 6. The molecule has 0 aliphatic heterocycles. The van der Waals surface area contributed by atoms with E-state index in [1.54, 1.807) is 17.9 Å². The third-order valence-electron chi connectivity index (χ3n) is 3.32. The average molecular weight is 384 g/mol. The SMILES string of the molecule is C=CC(=O)N(CCN(CCS(=O)(=O)O)C(C)C=C)CCS(=O)(=O)O. The van der Waals surface area contributed by atoms with E-state index in [9.17, 15) is 21.6 Å². The molecular formula is C13H24N2O7S2. The zero-order valence-electron chi connectivity index (χ0n) is 13.5. The van der Waals surface area contributed by atoms with Crippen LogP contribution in [0.2, 0.25) is 0 Å². The second-order valence-electron chi connectivity index (χ2n) is 5.11. The smallest absolute Gasteiger partial charge is 0.266 e. The number of nitrogens with zero attached hydrogens (tertiary/aromatic N) is 2. The molecule has 0 radical (unpaired) electrons. The van der Waals surface area contributed by atoms with Crippen LogP contribution >= 0.6 is 0 Å². The lowest BCUT2D eigenvalue weighted by molar-refractivity contribution is -0.126. The van der Waals surface area contributed by atoms with Gasteiger partial charge in [-0.15, -0.1) is 6.58 Å². The number of hydrogen-bond donors (Lipinski definition) is 2. The van der Waals surface area contributed by atoms with Gasteiger partial charge >= 0.3 is 0 Å². The predicted molar refractivity (Wildman–Crippen MR) is 90.8 cm³/mol. The maximum atomic E-state index is 11.8. The maximum absolute atomic E-state index is 11.8. The Hall–Kier alpha value is -1.27. The molecule has 140 valence electrons. The zero-order chi connectivity index (χ0) is 19.0. The molecule has 0 heterocycles.